The first kappa shape index (κ1) is 26.5. The Morgan fingerprint density at radius 1 is 0.703 bits per heavy atom. The molecule has 0 aliphatic heterocycles. The molecule has 0 saturated carbocycles. The van der Waals surface area contributed by atoms with Crippen LogP contribution in [-0.2, 0) is 4.74 Å². The molecule has 11 nitrogen and oxygen atoms in total. The van der Waals surface area contributed by atoms with Gasteiger partial charge in [-0.3, -0.25) is 9.59 Å². The molecule has 188 valence electrons. The van der Waals surface area contributed by atoms with Crippen molar-refractivity contribution in [1.82, 2.24) is 0 Å². The van der Waals surface area contributed by atoms with Gasteiger partial charge >= 0.3 is 17.9 Å². The molecule has 12 heteroatoms. The fraction of sp³-hybridized carbons (Fsp3) is 0.0400. The van der Waals surface area contributed by atoms with Gasteiger partial charge < -0.3 is 31.3 Å². The summed E-state index contributed by atoms with van der Waals surface area (Å²) in [7, 11) is 1.17. The van der Waals surface area contributed by atoms with Crippen LogP contribution >= 0.6 is 12.2 Å². The van der Waals surface area contributed by atoms with Gasteiger partial charge in [-0.25, -0.2) is 14.4 Å². The lowest BCUT2D eigenvalue weighted by Crippen LogP contribution is -2.20. The van der Waals surface area contributed by atoms with Crippen LogP contribution in [-0.4, -0.2) is 52.0 Å². The standard InChI is InChI=1S/C25H19N3O8S/c1-36-25(35)15-7-9-18(19(11-15)28-21(29)13-4-2-12(3-5-13)20(26)37)27-22(30)17-10-14(23(31)32)6-8-16(17)24(33)34/h2-11H,1H3,(H2,26,37)(H,27,30)(H,28,29)(H,31,32)(H,33,34). The van der Waals surface area contributed by atoms with Gasteiger partial charge in [0, 0.05) is 11.1 Å². The average Bonchev–Trinajstić information content (AvgIpc) is 2.88. The van der Waals surface area contributed by atoms with E-state index in [1.807, 2.05) is 0 Å². The van der Waals surface area contributed by atoms with Gasteiger partial charge in [0.1, 0.15) is 4.99 Å². The number of methoxy groups -OCH3 is 1. The summed E-state index contributed by atoms with van der Waals surface area (Å²) in [4.78, 5) is 61.0. The molecule has 37 heavy (non-hydrogen) atoms. The van der Waals surface area contributed by atoms with Gasteiger partial charge in [0.2, 0.25) is 0 Å². The van der Waals surface area contributed by atoms with Crippen LogP contribution in [0.25, 0.3) is 0 Å². The second kappa shape index (κ2) is 11.1. The number of thiocarbonyl (C=S) groups is 1. The van der Waals surface area contributed by atoms with Crippen molar-refractivity contribution in [3.8, 4) is 0 Å². The number of amides is 2. The van der Waals surface area contributed by atoms with Gasteiger partial charge in [-0.1, -0.05) is 24.4 Å². The molecule has 0 bridgehead atoms. The number of ether oxygens (including phenoxy) is 1. The Bertz CT molecular complexity index is 1450. The van der Waals surface area contributed by atoms with Crippen molar-refractivity contribution in [2.24, 2.45) is 5.73 Å². The zero-order valence-electron chi connectivity index (χ0n) is 19.1. The summed E-state index contributed by atoms with van der Waals surface area (Å²) in [5, 5.41) is 23.7. The van der Waals surface area contributed by atoms with Crippen LogP contribution in [0.2, 0.25) is 0 Å². The molecular weight excluding hydrogens is 502 g/mol. The molecule has 3 aromatic carbocycles. The quantitative estimate of drug-likeness (QED) is 0.218. The van der Waals surface area contributed by atoms with E-state index in [4.69, 9.17) is 22.7 Å². The first-order valence-corrected chi connectivity index (χ1v) is 10.8. The summed E-state index contributed by atoms with van der Waals surface area (Å²) in [5.74, 6) is -5.08. The molecule has 3 aromatic rings. The number of hydrogen-bond acceptors (Lipinski definition) is 7. The Kier molecular flexibility index (Phi) is 7.95. The van der Waals surface area contributed by atoms with Gasteiger partial charge in [-0.2, -0.15) is 0 Å². The summed E-state index contributed by atoms with van der Waals surface area (Å²) in [6, 6.07) is 12.9. The molecule has 0 aliphatic carbocycles. The van der Waals surface area contributed by atoms with Crippen LogP contribution in [0.4, 0.5) is 11.4 Å². The minimum Gasteiger partial charge on any atom is -0.478 e. The van der Waals surface area contributed by atoms with E-state index in [-0.39, 0.29) is 33.1 Å². The van der Waals surface area contributed by atoms with Crippen molar-refractivity contribution in [3.05, 3.63) is 94.0 Å². The first-order valence-electron chi connectivity index (χ1n) is 10.4. The summed E-state index contributed by atoms with van der Waals surface area (Å²) < 4.78 is 4.70. The number of carbonyl (C=O) groups excluding carboxylic acids is 3. The summed E-state index contributed by atoms with van der Waals surface area (Å²) in [6.45, 7) is 0. The van der Waals surface area contributed by atoms with Gasteiger partial charge in [0.15, 0.2) is 0 Å². The van der Waals surface area contributed by atoms with Crippen molar-refractivity contribution in [2.75, 3.05) is 17.7 Å². The van der Waals surface area contributed by atoms with Crippen molar-refractivity contribution in [3.63, 3.8) is 0 Å². The lowest BCUT2D eigenvalue weighted by atomic mass is 10.0. The SMILES string of the molecule is COC(=O)c1ccc(NC(=O)c2cc(C(=O)O)ccc2C(=O)O)c(NC(=O)c2ccc(C(N)=S)cc2)c1. The first-order chi connectivity index (χ1) is 17.5. The van der Waals surface area contributed by atoms with E-state index in [1.54, 1.807) is 12.1 Å². The maximum Gasteiger partial charge on any atom is 0.337 e. The maximum atomic E-state index is 13.0. The molecule has 0 heterocycles. The number of carboxylic acid groups (broad SMARTS) is 2. The molecule has 0 radical (unpaired) electrons. The number of benzene rings is 3. The number of nitrogens with one attached hydrogen (secondary N) is 2. The largest absolute Gasteiger partial charge is 0.478 e. The smallest absolute Gasteiger partial charge is 0.337 e. The molecule has 2 amide bonds. The fourth-order valence-electron chi connectivity index (χ4n) is 3.22. The normalized spacial score (nSPS) is 10.2. The Morgan fingerprint density at radius 3 is 1.84 bits per heavy atom. The van der Waals surface area contributed by atoms with Crippen molar-refractivity contribution in [2.45, 2.75) is 0 Å². The van der Waals surface area contributed by atoms with E-state index in [9.17, 15) is 34.2 Å². The Morgan fingerprint density at radius 2 is 1.27 bits per heavy atom. The van der Waals surface area contributed by atoms with Crippen LogP contribution in [0.1, 0.15) is 57.4 Å². The van der Waals surface area contributed by atoms with E-state index >= 15 is 0 Å². The highest BCUT2D eigenvalue weighted by molar-refractivity contribution is 7.80. The number of carbonyl (C=O) groups is 5. The van der Waals surface area contributed by atoms with Gasteiger partial charge in [-0.15, -0.1) is 0 Å². The van der Waals surface area contributed by atoms with Crippen LogP contribution in [0.5, 0.6) is 0 Å². The number of anilines is 2. The highest BCUT2D eigenvalue weighted by Crippen LogP contribution is 2.26. The second-order valence-corrected chi connectivity index (χ2v) is 7.91. The monoisotopic (exact) mass is 521 g/mol. The van der Waals surface area contributed by atoms with Crippen LogP contribution in [0, 0.1) is 0 Å². The maximum absolute atomic E-state index is 13.0. The lowest BCUT2D eigenvalue weighted by molar-refractivity contribution is 0.0599. The topological polar surface area (TPSA) is 185 Å². The number of rotatable bonds is 8. The fourth-order valence-corrected chi connectivity index (χ4v) is 3.36. The molecule has 0 atom stereocenters. The van der Waals surface area contributed by atoms with Gasteiger partial charge in [-0.05, 0) is 48.5 Å². The summed E-state index contributed by atoms with van der Waals surface area (Å²) >= 11 is 4.90. The lowest BCUT2D eigenvalue weighted by Gasteiger charge is -2.15. The third-order valence-electron chi connectivity index (χ3n) is 5.11. The van der Waals surface area contributed by atoms with Crippen molar-refractivity contribution in [1.29, 1.82) is 0 Å². The van der Waals surface area contributed by atoms with Crippen LogP contribution < -0.4 is 16.4 Å². The minimum absolute atomic E-state index is 0.00262. The molecular formula is C25H19N3O8S. The molecule has 0 unspecified atom stereocenters. The molecule has 0 saturated heterocycles. The number of carboxylic acids is 2. The predicted octanol–water partition coefficient (Wildman–Crippen LogP) is 3.01. The highest BCUT2D eigenvalue weighted by atomic mass is 32.1. The van der Waals surface area contributed by atoms with Crippen molar-refractivity contribution < 1.29 is 38.9 Å². The summed E-state index contributed by atoms with van der Waals surface area (Å²) in [6.07, 6.45) is 0. The molecule has 3 rings (SSSR count). The Labute approximate surface area is 214 Å². The Hall–Kier alpha value is -5.10. The zero-order chi connectivity index (χ0) is 27.3. The van der Waals surface area contributed by atoms with E-state index < -0.39 is 40.8 Å². The third kappa shape index (κ3) is 6.13. The second-order valence-electron chi connectivity index (χ2n) is 7.47. The zero-order valence-corrected chi connectivity index (χ0v) is 19.9. The van der Waals surface area contributed by atoms with E-state index in [2.05, 4.69) is 10.6 Å². The van der Waals surface area contributed by atoms with Crippen LogP contribution in [0.3, 0.4) is 0 Å². The van der Waals surface area contributed by atoms with E-state index in [0.29, 0.717) is 5.56 Å². The average molecular weight is 522 g/mol. The summed E-state index contributed by atoms with van der Waals surface area (Å²) in [5.41, 5.74) is 5.22. The predicted molar refractivity (Wildman–Crippen MR) is 136 cm³/mol. The molecule has 0 aliphatic rings. The van der Waals surface area contributed by atoms with Gasteiger partial charge in [0.25, 0.3) is 11.8 Å². The highest BCUT2D eigenvalue weighted by Gasteiger charge is 2.21. The van der Waals surface area contributed by atoms with E-state index in [0.717, 1.165) is 18.2 Å². The van der Waals surface area contributed by atoms with Crippen LogP contribution in [0.15, 0.2) is 60.7 Å². The number of nitrogens with two attached hydrogens (primary N) is 1. The van der Waals surface area contributed by atoms with Crippen molar-refractivity contribution >= 4 is 58.3 Å². The molecule has 0 spiro atoms. The number of hydrogen-bond donors (Lipinski definition) is 5. The molecule has 0 fully saturated rings. The number of esters is 1. The molecule has 0 aromatic heterocycles. The van der Waals surface area contributed by atoms with Gasteiger partial charge in [0.05, 0.1) is 40.7 Å². The third-order valence-corrected chi connectivity index (χ3v) is 5.35. The Balaban J connectivity index is 1.99. The van der Waals surface area contributed by atoms with E-state index in [1.165, 1.54) is 37.4 Å². The molecule has 6 N–H and O–H groups in total. The minimum atomic E-state index is -1.45. The number of aromatic carboxylic acids is 2.